The Morgan fingerprint density at radius 3 is 3.00 bits per heavy atom. The molecule has 0 spiro atoms. The van der Waals surface area contributed by atoms with Crippen molar-refractivity contribution in [3.63, 3.8) is 0 Å². The van der Waals surface area contributed by atoms with Gasteiger partial charge in [0.15, 0.2) is 0 Å². The maximum atomic E-state index is 11.6. The summed E-state index contributed by atoms with van der Waals surface area (Å²) in [7, 11) is 0. The molecule has 0 saturated carbocycles. The van der Waals surface area contributed by atoms with Crippen molar-refractivity contribution in [2.75, 3.05) is 13.2 Å². The van der Waals surface area contributed by atoms with Crippen LogP contribution in [0.25, 0.3) is 0 Å². The van der Waals surface area contributed by atoms with Crippen LogP contribution < -0.4 is 5.32 Å². The lowest BCUT2D eigenvalue weighted by Gasteiger charge is -2.07. The summed E-state index contributed by atoms with van der Waals surface area (Å²) in [6.07, 6.45) is 1.83. The molecule has 0 aliphatic rings. The number of rotatable bonds is 6. The average molecular weight is 259 g/mol. The number of aliphatic hydroxyl groups is 1. The fraction of sp³-hybridized carbons (Fsp3) is 0.545. The quantitative estimate of drug-likeness (QED) is 0.542. The van der Waals surface area contributed by atoms with E-state index in [9.17, 15) is 4.79 Å². The topological polar surface area (TPSA) is 49.3 Å². The van der Waals surface area contributed by atoms with Gasteiger partial charge in [0.1, 0.15) is 0 Å². The minimum atomic E-state index is -0.0399. The summed E-state index contributed by atoms with van der Waals surface area (Å²) in [6, 6.07) is 1.76. The molecule has 0 aliphatic heterocycles. The highest BCUT2D eigenvalue weighted by molar-refractivity contribution is 7.80. The van der Waals surface area contributed by atoms with E-state index in [0.717, 1.165) is 17.7 Å². The largest absolute Gasteiger partial charge is 0.396 e. The van der Waals surface area contributed by atoms with Crippen molar-refractivity contribution in [2.24, 2.45) is 5.92 Å². The molecule has 3 nitrogen and oxygen atoms in total. The summed E-state index contributed by atoms with van der Waals surface area (Å²) >= 11 is 5.55. The van der Waals surface area contributed by atoms with Gasteiger partial charge in [-0.3, -0.25) is 4.79 Å². The lowest BCUT2D eigenvalue weighted by molar-refractivity contribution is 0.0956. The minimum Gasteiger partial charge on any atom is -0.396 e. The van der Waals surface area contributed by atoms with Crippen LogP contribution >= 0.6 is 24.0 Å². The van der Waals surface area contributed by atoms with E-state index in [2.05, 4.69) is 17.9 Å². The van der Waals surface area contributed by atoms with Gasteiger partial charge in [-0.1, -0.05) is 6.92 Å². The number of nitrogens with one attached hydrogen (secondary N) is 1. The Morgan fingerprint density at radius 2 is 2.44 bits per heavy atom. The molecule has 1 aromatic rings. The van der Waals surface area contributed by atoms with Gasteiger partial charge < -0.3 is 10.4 Å². The van der Waals surface area contributed by atoms with E-state index in [1.807, 2.05) is 12.3 Å². The highest BCUT2D eigenvalue weighted by Crippen LogP contribution is 2.17. The number of amides is 1. The first kappa shape index (κ1) is 13.5. The summed E-state index contributed by atoms with van der Waals surface area (Å²) < 4.78 is 0. The molecule has 0 aliphatic carbocycles. The van der Waals surface area contributed by atoms with E-state index < -0.39 is 0 Å². The molecule has 0 bridgehead atoms. The highest BCUT2D eigenvalue weighted by Gasteiger charge is 2.07. The van der Waals surface area contributed by atoms with E-state index in [-0.39, 0.29) is 12.5 Å². The van der Waals surface area contributed by atoms with E-state index in [0.29, 0.717) is 17.3 Å². The monoisotopic (exact) mass is 259 g/mol. The van der Waals surface area contributed by atoms with Crippen LogP contribution in [0.5, 0.6) is 0 Å². The predicted octanol–water partition coefficient (Wildman–Crippen LogP) is 2.18. The van der Waals surface area contributed by atoms with E-state index in [4.69, 9.17) is 5.11 Å². The van der Waals surface area contributed by atoms with Crippen LogP contribution in [0.1, 0.15) is 29.4 Å². The second-order valence-corrected chi connectivity index (χ2v) is 5.28. The predicted molar refractivity (Wildman–Crippen MR) is 69.4 cm³/mol. The third-order valence-electron chi connectivity index (χ3n) is 2.28. The van der Waals surface area contributed by atoms with Crippen LogP contribution in [0.15, 0.2) is 16.3 Å². The molecule has 0 saturated heterocycles. The van der Waals surface area contributed by atoms with E-state index in [1.165, 1.54) is 11.3 Å². The standard InChI is InChI=1S/C11H17NO2S2/c1-8(6-13)3-2-4-12-11(14)10-5-9(15)7-16-10/h5,7-8,13,15H,2-4,6H2,1H3,(H,12,14). The van der Waals surface area contributed by atoms with Gasteiger partial charge in [0.25, 0.3) is 5.91 Å². The van der Waals surface area contributed by atoms with E-state index >= 15 is 0 Å². The van der Waals surface area contributed by atoms with Crippen molar-refractivity contribution in [1.29, 1.82) is 0 Å². The van der Waals surface area contributed by atoms with Crippen LogP contribution in [0, 0.1) is 5.92 Å². The van der Waals surface area contributed by atoms with Gasteiger partial charge in [-0.2, -0.15) is 0 Å². The van der Waals surface area contributed by atoms with Crippen LogP contribution in [0.2, 0.25) is 0 Å². The molecule has 5 heteroatoms. The van der Waals surface area contributed by atoms with Crippen LogP contribution in [0.4, 0.5) is 0 Å². The van der Waals surface area contributed by atoms with E-state index in [1.54, 1.807) is 6.07 Å². The number of hydrogen-bond acceptors (Lipinski definition) is 4. The van der Waals surface area contributed by atoms with Gasteiger partial charge in [0.05, 0.1) is 4.88 Å². The first-order valence-electron chi connectivity index (χ1n) is 5.30. The lowest BCUT2D eigenvalue weighted by Crippen LogP contribution is -2.24. The van der Waals surface area contributed by atoms with Crippen molar-refractivity contribution in [2.45, 2.75) is 24.7 Å². The maximum absolute atomic E-state index is 11.6. The Bertz CT molecular complexity index is 338. The average Bonchev–Trinajstić information content (AvgIpc) is 2.70. The highest BCUT2D eigenvalue weighted by atomic mass is 32.1. The molecule has 1 unspecified atom stereocenters. The molecule has 1 heterocycles. The van der Waals surface area contributed by atoms with Gasteiger partial charge in [-0.25, -0.2) is 0 Å². The zero-order valence-corrected chi connectivity index (χ0v) is 11.0. The van der Waals surface area contributed by atoms with Crippen molar-refractivity contribution in [1.82, 2.24) is 5.32 Å². The summed E-state index contributed by atoms with van der Waals surface area (Å²) in [5.74, 6) is 0.268. The Morgan fingerprint density at radius 1 is 1.69 bits per heavy atom. The van der Waals surface area contributed by atoms with Crippen molar-refractivity contribution >= 4 is 29.9 Å². The first-order valence-corrected chi connectivity index (χ1v) is 6.62. The third-order valence-corrected chi connectivity index (χ3v) is 3.64. The van der Waals surface area contributed by atoms with Crippen LogP contribution in [-0.4, -0.2) is 24.2 Å². The molecular weight excluding hydrogens is 242 g/mol. The van der Waals surface area contributed by atoms with Crippen molar-refractivity contribution in [3.8, 4) is 0 Å². The molecule has 2 N–H and O–H groups in total. The number of aliphatic hydroxyl groups excluding tert-OH is 1. The zero-order valence-electron chi connectivity index (χ0n) is 9.27. The first-order chi connectivity index (χ1) is 7.63. The lowest BCUT2D eigenvalue weighted by atomic mass is 10.1. The molecule has 1 aromatic heterocycles. The van der Waals surface area contributed by atoms with Gasteiger partial charge >= 0.3 is 0 Å². The Kier molecular flexibility index (Phi) is 5.87. The Hall–Kier alpha value is -0.520. The smallest absolute Gasteiger partial charge is 0.261 e. The molecule has 90 valence electrons. The number of thiophene rings is 1. The molecular formula is C11H17NO2S2. The molecule has 16 heavy (non-hydrogen) atoms. The fourth-order valence-electron chi connectivity index (χ4n) is 1.28. The minimum absolute atomic E-state index is 0.0399. The molecule has 1 atom stereocenters. The van der Waals surface area contributed by atoms with Crippen LogP contribution in [0.3, 0.4) is 0 Å². The second kappa shape index (κ2) is 6.93. The molecule has 0 radical (unpaired) electrons. The van der Waals surface area contributed by atoms with Gasteiger partial charge in [-0.15, -0.1) is 24.0 Å². The molecule has 1 amide bonds. The summed E-state index contributed by atoms with van der Waals surface area (Å²) in [6.45, 7) is 2.86. The number of carbonyl (C=O) groups is 1. The van der Waals surface area contributed by atoms with Crippen molar-refractivity contribution in [3.05, 3.63) is 16.3 Å². The zero-order chi connectivity index (χ0) is 12.0. The third kappa shape index (κ3) is 4.55. The molecule has 0 fully saturated rings. The summed E-state index contributed by atoms with van der Waals surface area (Å²) in [5.41, 5.74) is 0. The number of hydrogen-bond donors (Lipinski definition) is 3. The maximum Gasteiger partial charge on any atom is 0.261 e. The van der Waals surface area contributed by atoms with Crippen LogP contribution in [-0.2, 0) is 0 Å². The van der Waals surface area contributed by atoms with Gasteiger partial charge in [-0.05, 0) is 24.8 Å². The fourth-order valence-corrected chi connectivity index (χ4v) is 2.34. The Labute approximate surface area is 105 Å². The second-order valence-electron chi connectivity index (χ2n) is 3.86. The summed E-state index contributed by atoms with van der Waals surface area (Å²) in [4.78, 5) is 13.1. The normalized spacial score (nSPS) is 12.4. The van der Waals surface area contributed by atoms with Crippen molar-refractivity contribution < 1.29 is 9.90 Å². The van der Waals surface area contributed by atoms with Gasteiger partial charge in [0, 0.05) is 23.4 Å². The SMILES string of the molecule is CC(CO)CCCNC(=O)c1cc(S)cs1. The molecule has 0 aromatic carbocycles. The Balaban J connectivity index is 2.21. The summed E-state index contributed by atoms with van der Waals surface area (Å²) in [5, 5.41) is 13.5. The van der Waals surface area contributed by atoms with Gasteiger partial charge in [0.2, 0.25) is 0 Å². The molecule has 1 rings (SSSR count). The number of thiol groups is 1. The number of carbonyl (C=O) groups excluding carboxylic acids is 1.